The van der Waals surface area contributed by atoms with E-state index in [1.807, 2.05) is 0 Å². The van der Waals surface area contributed by atoms with Crippen LogP contribution < -0.4 is 5.32 Å². The van der Waals surface area contributed by atoms with Gasteiger partial charge in [0.25, 0.3) is 6.43 Å². The van der Waals surface area contributed by atoms with Crippen LogP contribution in [0.4, 0.5) is 8.78 Å². The van der Waals surface area contributed by atoms with Gasteiger partial charge in [-0.15, -0.1) is 0 Å². The minimum atomic E-state index is -2.36. The first kappa shape index (κ1) is 10.7. The summed E-state index contributed by atoms with van der Waals surface area (Å²) in [6.07, 6.45) is -2.87. The Kier molecular flexibility index (Phi) is 6.30. The van der Waals surface area contributed by atoms with Gasteiger partial charge in [0.05, 0.1) is 19.3 Å². The molecule has 3 N–H and O–H groups in total. The third kappa shape index (κ3) is 7.64. The van der Waals surface area contributed by atoms with Crippen LogP contribution in [0.2, 0.25) is 0 Å². The minimum absolute atomic E-state index is 0.295. The molecule has 5 heteroatoms. The molecule has 0 saturated carbocycles. The first-order valence-electron chi connectivity index (χ1n) is 3.44. The number of hydrogen-bond donors (Lipinski definition) is 3. The van der Waals surface area contributed by atoms with Crippen LogP contribution in [0.25, 0.3) is 0 Å². The van der Waals surface area contributed by atoms with Crippen molar-refractivity contribution in [3.63, 3.8) is 0 Å². The molecule has 0 aromatic rings. The second-order valence-corrected chi connectivity index (χ2v) is 2.22. The molecule has 0 aliphatic rings. The van der Waals surface area contributed by atoms with Crippen molar-refractivity contribution >= 4 is 0 Å². The molecule has 0 amide bonds. The number of halogens is 2. The Hall–Kier alpha value is -0.260. The first-order valence-corrected chi connectivity index (χ1v) is 3.44. The van der Waals surface area contributed by atoms with Crippen LogP contribution in [0.1, 0.15) is 6.42 Å². The summed E-state index contributed by atoms with van der Waals surface area (Å²) in [4.78, 5) is 0. The lowest BCUT2D eigenvalue weighted by Gasteiger charge is -2.07. The molecule has 0 aliphatic carbocycles. The lowest BCUT2D eigenvalue weighted by Crippen LogP contribution is -2.26. The predicted molar refractivity (Wildman–Crippen MR) is 36.6 cm³/mol. The topological polar surface area (TPSA) is 52.5 Å². The van der Waals surface area contributed by atoms with Crippen molar-refractivity contribution in [3.05, 3.63) is 0 Å². The largest absolute Gasteiger partial charge is 0.394 e. The van der Waals surface area contributed by atoms with Crippen molar-refractivity contribution in [1.82, 2.24) is 5.32 Å². The van der Waals surface area contributed by atoms with Crippen molar-refractivity contribution < 1.29 is 19.0 Å². The molecule has 0 radical (unpaired) electrons. The summed E-state index contributed by atoms with van der Waals surface area (Å²) in [6.45, 7) is -0.388. The van der Waals surface area contributed by atoms with E-state index in [2.05, 4.69) is 5.32 Å². The van der Waals surface area contributed by atoms with Crippen LogP contribution >= 0.6 is 0 Å². The highest BCUT2D eigenvalue weighted by Gasteiger charge is 2.03. The van der Waals surface area contributed by atoms with Crippen LogP contribution in [0.3, 0.4) is 0 Å². The van der Waals surface area contributed by atoms with Crippen molar-refractivity contribution in [2.45, 2.75) is 19.0 Å². The molecule has 0 rings (SSSR count). The second-order valence-electron chi connectivity index (χ2n) is 2.22. The van der Waals surface area contributed by atoms with Gasteiger partial charge in [-0.1, -0.05) is 0 Å². The lowest BCUT2D eigenvalue weighted by atomic mass is 10.3. The van der Waals surface area contributed by atoms with Crippen LogP contribution in [-0.4, -0.2) is 42.4 Å². The van der Waals surface area contributed by atoms with E-state index in [0.717, 1.165) is 0 Å². The van der Waals surface area contributed by atoms with Crippen molar-refractivity contribution in [3.8, 4) is 0 Å². The molecular weight excluding hydrogens is 156 g/mol. The Labute approximate surface area is 64.0 Å². The fourth-order valence-corrected chi connectivity index (χ4v) is 0.571. The third-order valence-electron chi connectivity index (χ3n) is 1.16. The SMILES string of the molecule is OC[C@H](O)CCNCC(F)F. The summed E-state index contributed by atoms with van der Waals surface area (Å²) in [5.41, 5.74) is 0. The fourth-order valence-electron chi connectivity index (χ4n) is 0.571. The zero-order chi connectivity index (χ0) is 8.69. The molecule has 0 heterocycles. The maximum absolute atomic E-state index is 11.5. The van der Waals surface area contributed by atoms with E-state index in [4.69, 9.17) is 10.2 Å². The molecule has 3 nitrogen and oxygen atoms in total. The van der Waals surface area contributed by atoms with Gasteiger partial charge in [-0.3, -0.25) is 0 Å². The Morgan fingerprint density at radius 3 is 2.45 bits per heavy atom. The van der Waals surface area contributed by atoms with Crippen molar-refractivity contribution in [2.24, 2.45) is 0 Å². The Morgan fingerprint density at radius 1 is 1.36 bits per heavy atom. The molecule has 11 heavy (non-hydrogen) atoms. The smallest absolute Gasteiger partial charge is 0.250 e. The second kappa shape index (κ2) is 6.45. The van der Waals surface area contributed by atoms with E-state index in [1.54, 1.807) is 0 Å². The number of aliphatic hydroxyl groups excluding tert-OH is 2. The van der Waals surface area contributed by atoms with Gasteiger partial charge in [0.2, 0.25) is 0 Å². The zero-order valence-corrected chi connectivity index (χ0v) is 6.13. The summed E-state index contributed by atoms with van der Waals surface area (Å²) in [6, 6.07) is 0. The van der Waals surface area contributed by atoms with Gasteiger partial charge >= 0.3 is 0 Å². The number of aliphatic hydroxyl groups is 2. The van der Waals surface area contributed by atoms with Gasteiger partial charge in [0.1, 0.15) is 0 Å². The lowest BCUT2D eigenvalue weighted by molar-refractivity contribution is 0.0858. The van der Waals surface area contributed by atoms with Gasteiger partial charge in [-0.05, 0) is 13.0 Å². The van der Waals surface area contributed by atoms with E-state index in [0.29, 0.717) is 13.0 Å². The van der Waals surface area contributed by atoms with Crippen molar-refractivity contribution in [1.29, 1.82) is 0 Å². The van der Waals surface area contributed by atoms with Crippen LogP contribution in [0, 0.1) is 0 Å². The molecule has 0 bridgehead atoms. The molecule has 68 valence electrons. The van der Waals surface area contributed by atoms with E-state index in [1.165, 1.54) is 0 Å². The zero-order valence-electron chi connectivity index (χ0n) is 6.13. The summed E-state index contributed by atoms with van der Waals surface area (Å²) >= 11 is 0. The normalized spacial score (nSPS) is 13.9. The Bertz CT molecular complexity index is 92.7. The monoisotopic (exact) mass is 169 g/mol. The standard InChI is InChI=1S/C6H13F2NO2/c7-6(8)3-9-2-1-5(11)4-10/h5-6,9-11H,1-4H2/t5-/m1/s1. The van der Waals surface area contributed by atoms with E-state index < -0.39 is 12.5 Å². The quantitative estimate of drug-likeness (QED) is 0.473. The van der Waals surface area contributed by atoms with E-state index in [9.17, 15) is 8.78 Å². The molecule has 0 saturated heterocycles. The number of hydrogen-bond acceptors (Lipinski definition) is 3. The highest BCUT2D eigenvalue weighted by molar-refractivity contribution is 4.56. The van der Waals surface area contributed by atoms with E-state index >= 15 is 0 Å². The number of alkyl halides is 2. The highest BCUT2D eigenvalue weighted by atomic mass is 19.3. The molecule has 0 unspecified atom stereocenters. The van der Waals surface area contributed by atoms with Gasteiger partial charge in [-0.25, -0.2) is 8.78 Å². The molecule has 0 spiro atoms. The van der Waals surface area contributed by atoms with E-state index in [-0.39, 0.29) is 13.2 Å². The number of rotatable bonds is 6. The molecule has 0 aromatic carbocycles. The summed E-state index contributed by atoms with van der Waals surface area (Å²) in [5.74, 6) is 0. The van der Waals surface area contributed by atoms with Gasteiger partial charge in [-0.2, -0.15) is 0 Å². The summed E-state index contributed by atoms with van der Waals surface area (Å²) in [7, 11) is 0. The fraction of sp³-hybridized carbons (Fsp3) is 1.00. The maximum Gasteiger partial charge on any atom is 0.250 e. The molecule has 1 atom stereocenters. The summed E-state index contributed by atoms with van der Waals surface area (Å²) in [5, 5.41) is 19.5. The Morgan fingerprint density at radius 2 is 2.00 bits per heavy atom. The highest BCUT2D eigenvalue weighted by Crippen LogP contribution is 1.90. The van der Waals surface area contributed by atoms with Crippen molar-refractivity contribution in [2.75, 3.05) is 19.7 Å². The number of nitrogens with one attached hydrogen (secondary N) is 1. The van der Waals surface area contributed by atoms with Gasteiger partial charge in [0, 0.05) is 0 Å². The predicted octanol–water partition coefficient (Wildman–Crippen LogP) is -0.416. The minimum Gasteiger partial charge on any atom is -0.394 e. The van der Waals surface area contributed by atoms with Crippen LogP contribution in [0.5, 0.6) is 0 Å². The molecule has 0 aliphatic heterocycles. The molecular formula is C6H13F2NO2. The van der Waals surface area contributed by atoms with Gasteiger partial charge in [0.15, 0.2) is 0 Å². The van der Waals surface area contributed by atoms with Gasteiger partial charge < -0.3 is 15.5 Å². The molecule has 0 aromatic heterocycles. The first-order chi connectivity index (χ1) is 5.16. The van der Waals surface area contributed by atoms with Crippen LogP contribution in [-0.2, 0) is 0 Å². The average molecular weight is 169 g/mol. The Balaban J connectivity index is 3.01. The van der Waals surface area contributed by atoms with Crippen LogP contribution in [0.15, 0.2) is 0 Å². The maximum atomic E-state index is 11.5. The third-order valence-corrected chi connectivity index (χ3v) is 1.16. The average Bonchev–Trinajstić information content (AvgIpc) is 1.97. The molecule has 0 fully saturated rings. The summed E-state index contributed by atoms with van der Waals surface area (Å²) < 4.78 is 22.9.